The zero-order chi connectivity index (χ0) is 12.0. The predicted octanol–water partition coefficient (Wildman–Crippen LogP) is 3.78. The Hall–Kier alpha value is -0.380. The summed E-state index contributed by atoms with van der Waals surface area (Å²) >= 11 is 3.56. The molecule has 0 heterocycles. The lowest BCUT2D eigenvalue weighted by atomic mass is 9.98. The van der Waals surface area contributed by atoms with Crippen molar-refractivity contribution in [2.75, 3.05) is 0 Å². The first-order valence-electron chi connectivity index (χ1n) is 5.85. The fraction of sp³-hybridized carbons (Fsp3) is 0.538. The van der Waals surface area contributed by atoms with Gasteiger partial charge in [0.25, 0.3) is 0 Å². The zero-order valence-electron chi connectivity index (χ0n) is 10.0. The first-order valence-corrected chi connectivity index (χ1v) is 6.65. The van der Waals surface area contributed by atoms with Crippen LogP contribution in [0.15, 0.2) is 28.7 Å². The Kier molecular flexibility index (Phi) is 6.03. The van der Waals surface area contributed by atoms with Crippen LogP contribution in [0.4, 0.5) is 0 Å². The molecule has 0 saturated heterocycles. The second-order valence-electron chi connectivity index (χ2n) is 4.57. The van der Waals surface area contributed by atoms with Crippen LogP contribution in [-0.2, 0) is 0 Å². The first-order chi connectivity index (χ1) is 7.65. The fourth-order valence-electron chi connectivity index (χ4n) is 1.82. The van der Waals surface area contributed by atoms with Gasteiger partial charge in [0.2, 0.25) is 0 Å². The maximum absolute atomic E-state index is 5.62. The summed E-state index contributed by atoms with van der Waals surface area (Å²) in [6.45, 7) is 4.51. The second kappa shape index (κ2) is 7.05. The van der Waals surface area contributed by atoms with Gasteiger partial charge in [0.05, 0.1) is 0 Å². The van der Waals surface area contributed by atoms with E-state index in [2.05, 4.69) is 47.3 Å². The first kappa shape index (κ1) is 13.7. The van der Waals surface area contributed by atoms with E-state index in [1.54, 1.807) is 0 Å². The fourth-order valence-corrected chi connectivity index (χ4v) is 2.38. The number of hydrazine groups is 1. The number of benzene rings is 1. The van der Waals surface area contributed by atoms with Crippen molar-refractivity contribution in [2.45, 2.75) is 39.2 Å². The molecule has 3 heteroatoms. The van der Waals surface area contributed by atoms with E-state index in [9.17, 15) is 0 Å². The quantitative estimate of drug-likeness (QED) is 0.616. The lowest BCUT2D eigenvalue weighted by Crippen LogP contribution is -2.28. The molecule has 3 N–H and O–H groups in total. The number of nitrogens with one attached hydrogen (secondary N) is 1. The molecular formula is C13H21BrN2. The number of halogens is 1. The topological polar surface area (TPSA) is 38.0 Å². The van der Waals surface area contributed by atoms with Crippen LogP contribution in [0.5, 0.6) is 0 Å². The Morgan fingerprint density at radius 1 is 1.25 bits per heavy atom. The van der Waals surface area contributed by atoms with E-state index >= 15 is 0 Å². The van der Waals surface area contributed by atoms with Crippen LogP contribution in [-0.4, -0.2) is 0 Å². The smallest absolute Gasteiger partial charge is 0.0471 e. The molecule has 0 fully saturated rings. The van der Waals surface area contributed by atoms with Gasteiger partial charge in [-0.05, 0) is 24.0 Å². The van der Waals surface area contributed by atoms with Crippen LogP contribution in [0.1, 0.15) is 44.7 Å². The summed E-state index contributed by atoms with van der Waals surface area (Å²) in [5.74, 6) is 6.38. The molecule has 0 radical (unpaired) electrons. The van der Waals surface area contributed by atoms with Gasteiger partial charge in [0.1, 0.15) is 0 Å². The lowest BCUT2D eigenvalue weighted by Gasteiger charge is -2.18. The molecule has 2 nitrogen and oxygen atoms in total. The molecule has 16 heavy (non-hydrogen) atoms. The molecule has 90 valence electrons. The van der Waals surface area contributed by atoms with Gasteiger partial charge in [-0.1, -0.05) is 60.8 Å². The number of hydrogen-bond donors (Lipinski definition) is 2. The summed E-state index contributed by atoms with van der Waals surface area (Å²) in [5, 5.41) is 0. The van der Waals surface area contributed by atoms with Crippen molar-refractivity contribution in [3.05, 3.63) is 34.3 Å². The Labute approximate surface area is 107 Å². The largest absolute Gasteiger partial charge is 0.271 e. The Morgan fingerprint density at radius 3 is 2.50 bits per heavy atom. The van der Waals surface area contributed by atoms with Gasteiger partial charge in [-0.15, -0.1) is 0 Å². The SMILES string of the molecule is CC(C)CCCC(NN)c1ccccc1Br. The molecule has 0 aliphatic heterocycles. The summed E-state index contributed by atoms with van der Waals surface area (Å²) in [6.07, 6.45) is 3.54. The normalized spacial score (nSPS) is 13.1. The molecule has 1 aromatic rings. The third-order valence-electron chi connectivity index (χ3n) is 2.76. The molecule has 0 spiro atoms. The lowest BCUT2D eigenvalue weighted by molar-refractivity contribution is 0.454. The van der Waals surface area contributed by atoms with E-state index in [1.165, 1.54) is 18.4 Å². The summed E-state index contributed by atoms with van der Waals surface area (Å²) in [6, 6.07) is 8.49. The van der Waals surface area contributed by atoms with Gasteiger partial charge in [-0.25, -0.2) is 0 Å². The van der Waals surface area contributed by atoms with Gasteiger partial charge in [0.15, 0.2) is 0 Å². The number of hydrogen-bond acceptors (Lipinski definition) is 2. The molecule has 1 atom stereocenters. The van der Waals surface area contributed by atoms with E-state index in [0.717, 1.165) is 16.8 Å². The van der Waals surface area contributed by atoms with Crippen molar-refractivity contribution in [3.63, 3.8) is 0 Å². The van der Waals surface area contributed by atoms with Gasteiger partial charge in [0, 0.05) is 10.5 Å². The number of rotatable bonds is 6. The van der Waals surface area contributed by atoms with Crippen LogP contribution in [0.25, 0.3) is 0 Å². The minimum absolute atomic E-state index is 0.245. The molecular weight excluding hydrogens is 264 g/mol. The highest BCUT2D eigenvalue weighted by molar-refractivity contribution is 9.10. The van der Waals surface area contributed by atoms with Crippen LogP contribution in [0.2, 0.25) is 0 Å². The maximum atomic E-state index is 5.62. The van der Waals surface area contributed by atoms with Gasteiger partial charge >= 0.3 is 0 Å². The van der Waals surface area contributed by atoms with Crippen LogP contribution < -0.4 is 11.3 Å². The molecule has 0 bridgehead atoms. The van der Waals surface area contributed by atoms with Crippen LogP contribution >= 0.6 is 15.9 Å². The minimum atomic E-state index is 0.245. The Morgan fingerprint density at radius 2 is 1.94 bits per heavy atom. The molecule has 0 aromatic heterocycles. The van der Waals surface area contributed by atoms with E-state index in [4.69, 9.17) is 5.84 Å². The minimum Gasteiger partial charge on any atom is -0.271 e. The maximum Gasteiger partial charge on any atom is 0.0471 e. The summed E-state index contributed by atoms with van der Waals surface area (Å²) < 4.78 is 1.13. The van der Waals surface area contributed by atoms with Crippen molar-refractivity contribution in [2.24, 2.45) is 11.8 Å². The van der Waals surface area contributed by atoms with Crippen molar-refractivity contribution >= 4 is 15.9 Å². The Bertz CT molecular complexity index is 313. The second-order valence-corrected chi connectivity index (χ2v) is 5.42. The Balaban J connectivity index is 2.57. The van der Waals surface area contributed by atoms with Crippen molar-refractivity contribution < 1.29 is 0 Å². The number of nitrogens with two attached hydrogens (primary N) is 1. The molecule has 0 saturated carbocycles. The third-order valence-corrected chi connectivity index (χ3v) is 3.48. The van der Waals surface area contributed by atoms with Gasteiger partial charge < -0.3 is 0 Å². The highest BCUT2D eigenvalue weighted by atomic mass is 79.9. The highest BCUT2D eigenvalue weighted by Gasteiger charge is 2.12. The van der Waals surface area contributed by atoms with E-state index < -0.39 is 0 Å². The molecule has 1 aromatic carbocycles. The van der Waals surface area contributed by atoms with Crippen molar-refractivity contribution in [1.29, 1.82) is 0 Å². The van der Waals surface area contributed by atoms with Crippen molar-refractivity contribution in [3.8, 4) is 0 Å². The highest BCUT2D eigenvalue weighted by Crippen LogP contribution is 2.26. The third kappa shape index (κ3) is 4.24. The average Bonchev–Trinajstić information content (AvgIpc) is 2.25. The van der Waals surface area contributed by atoms with Crippen LogP contribution in [0, 0.1) is 5.92 Å². The van der Waals surface area contributed by atoms with E-state index in [-0.39, 0.29) is 6.04 Å². The molecule has 1 unspecified atom stereocenters. The monoisotopic (exact) mass is 284 g/mol. The van der Waals surface area contributed by atoms with E-state index in [1.807, 2.05) is 12.1 Å². The standard InChI is InChI=1S/C13H21BrN2/c1-10(2)6-5-9-13(16-15)11-7-3-4-8-12(11)14/h3-4,7-8,10,13,16H,5-6,9,15H2,1-2H3. The molecule has 0 aliphatic carbocycles. The zero-order valence-corrected chi connectivity index (χ0v) is 11.6. The van der Waals surface area contributed by atoms with Crippen molar-refractivity contribution in [1.82, 2.24) is 5.43 Å². The van der Waals surface area contributed by atoms with Crippen LogP contribution in [0.3, 0.4) is 0 Å². The predicted molar refractivity (Wildman–Crippen MR) is 72.9 cm³/mol. The summed E-state index contributed by atoms with van der Waals surface area (Å²) in [7, 11) is 0. The molecule has 1 rings (SSSR count). The average molecular weight is 285 g/mol. The van der Waals surface area contributed by atoms with Gasteiger partial charge in [-0.3, -0.25) is 11.3 Å². The molecule has 0 aliphatic rings. The summed E-state index contributed by atoms with van der Waals surface area (Å²) in [5.41, 5.74) is 4.15. The summed E-state index contributed by atoms with van der Waals surface area (Å²) in [4.78, 5) is 0. The van der Waals surface area contributed by atoms with E-state index in [0.29, 0.717) is 0 Å². The molecule has 0 amide bonds. The van der Waals surface area contributed by atoms with Gasteiger partial charge in [-0.2, -0.15) is 0 Å².